The van der Waals surface area contributed by atoms with Gasteiger partial charge in [-0.1, -0.05) is 66.7 Å². The van der Waals surface area contributed by atoms with Crippen LogP contribution in [0.3, 0.4) is 0 Å². The highest BCUT2D eigenvalue weighted by molar-refractivity contribution is 6.12. The molecule has 0 saturated carbocycles. The highest BCUT2D eigenvalue weighted by Crippen LogP contribution is 2.36. The summed E-state index contributed by atoms with van der Waals surface area (Å²) in [6.07, 6.45) is 2.19. The number of hydrogen-bond acceptors (Lipinski definition) is 0. The van der Waals surface area contributed by atoms with Crippen molar-refractivity contribution in [3.8, 4) is 22.4 Å². The first-order chi connectivity index (χ1) is 14.5. The van der Waals surface area contributed by atoms with Crippen molar-refractivity contribution in [1.29, 1.82) is 0 Å². The largest absolute Gasteiger partial charge is 0.213 e. The summed E-state index contributed by atoms with van der Waals surface area (Å²) < 4.78 is 2.24. The van der Waals surface area contributed by atoms with Crippen LogP contribution in [0.5, 0.6) is 0 Å². The molecule has 0 bridgehead atoms. The molecule has 1 aromatic heterocycles. The van der Waals surface area contributed by atoms with Crippen LogP contribution in [0.4, 0.5) is 0 Å². The summed E-state index contributed by atoms with van der Waals surface area (Å²) in [6, 6.07) is 28.8. The zero-order valence-electron chi connectivity index (χ0n) is 18.0. The Morgan fingerprint density at radius 1 is 0.567 bits per heavy atom. The van der Waals surface area contributed by atoms with Gasteiger partial charge < -0.3 is 0 Å². The van der Waals surface area contributed by atoms with E-state index in [9.17, 15) is 0 Å². The smallest absolute Gasteiger partial charge is 0.201 e. The molecule has 4 aromatic carbocycles. The lowest BCUT2D eigenvalue weighted by Crippen LogP contribution is -2.30. The van der Waals surface area contributed by atoms with Gasteiger partial charge in [-0.05, 0) is 70.1 Å². The minimum Gasteiger partial charge on any atom is -0.201 e. The van der Waals surface area contributed by atoms with Crippen LogP contribution in [0.2, 0.25) is 0 Å². The van der Waals surface area contributed by atoms with E-state index >= 15 is 0 Å². The minimum atomic E-state index is 1.24. The zero-order valence-corrected chi connectivity index (χ0v) is 18.0. The third kappa shape index (κ3) is 2.90. The van der Waals surface area contributed by atoms with Crippen LogP contribution in [-0.4, -0.2) is 0 Å². The van der Waals surface area contributed by atoms with Crippen LogP contribution in [0.25, 0.3) is 43.9 Å². The zero-order chi connectivity index (χ0) is 20.8. The molecule has 5 aromatic rings. The van der Waals surface area contributed by atoms with Crippen molar-refractivity contribution in [3.05, 3.63) is 102 Å². The Labute approximate surface area is 178 Å². The van der Waals surface area contributed by atoms with E-state index in [2.05, 4.69) is 117 Å². The van der Waals surface area contributed by atoms with Gasteiger partial charge in [0.25, 0.3) is 0 Å². The second-order valence-corrected chi connectivity index (χ2v) is 8.32. The summed E-state index contributed by atoms with van der Waals surface area (Å²) in [6.45, 7) is 6.62. The standard InChI is InChI=1S/C29H26N/c1-19-8-7-9-20(2)28(19)23-16-17-30(4)27(18-23)29-21(3)12-14-25-24-11-6-5-10-22(24)13-15-26(25)29/h5-18H,1-4H3/q+1. The van der Waals surface area contributed by atoms with E-state index in [1.165, 1.54) is 60.6 Å². The minimum absolute atomic E-state index is 1.24. The number of aromatic nitrogens is 1. The van der Waals surface area contributed by atoms with Crippen LogP contribution >= 0.6 is 0 Å². The van der Waals surface area contributed by atoms with Gasteiger partial charge in [0.2, 0.25) is 5.69 Å². The molecule has 0 saturated heterocycles. The number of fused-ring (bicyclic) bond motifs is 3. The van der Waals surface area contributed by atoms with Gasteiger partial charge in [-0.25, -0.2) is 4.57 Å². The molecule has 1 nitrogen and oxygen atoms in total. The fourth-order valence-corrected chi connectivity index (χ4v) is 4.78. The Morgan fingerprint density at radius 2 is 1.27 bits per heavy atom. The first-order valence-electron chi connectivity index (χ1n) is 10.5. The normalized spacial score (nSPS) is 11.3. The van der Waals surface area contributed by atoms with Crippen molar-refractivity contribution < 1.29 is 4.57 Å². The van der Waals surface area contributed by atoms with E-state index in [0.29, 0.717) is 0 Å². The summed E-state index contributed by atoms with van der Waals surface area (Å²) in [5.41, 5.74) is 9.10. The van der Waals surface area contributed by atoms with Gasteiger partial charge in [0.1, 0.15) is 7.05 Å². The summed E-state index contributed by atoms with van der Waals surface area (Å²) in [5, 5.41) is 5.22. The number of benzene rings is 4. The molecule has 146 valence electrons. The molecule has 0 unspecified atom stereocenters. The molecule has 0 aliphatic heterocycles. The average molecular weight is 389 g/mol. The molecule has 1 heteroatoms. The molecular formula is C29H26N+. The van der Waals surface area contributed by atoms with Gasteiger partial charge in [-0.3, -0.25) is 0 Å². The third-order valence-corrected chi connectivity index (χ3v) is 6.31. The lowest BCUT2D eigenvalue weighted by atomic mass is 9.91. The van der Waals surface area contributed by atoms with Crippen molar-refractivity contribution in [2.24, 2.45) is 7.05 Å². The fraction of sp³-hybridized carbons (Fsp3) is 0.138. The van der Waals surface area contributed by atoms with Crippen molar-refractivity contribution >= 4 is 21.5 Å². The molecule has 0 N–H and O–H groups in total. The number of pyridine rings is 1. The maximum absolute atomic E-state index is 2.35. The molecule has 0 amide bonds. The molecule has 0 radical (unpaired) electrons. The predicted molar refractivity (Wildman–Crippen MR) is 128 cm³/mol. The van der Waals surface area contributed by atoms with Gasteiger partial charge in [-0.2, -0.15) is 0 Å². The molecule has 0 fully saturated rings. The van der Waals surface area contributed by atoms with Crippen LogP contribution < -0.4 is 4.57 Å². The molecule has 1 heterocycles. The Balaban J connectivity index is 1.83. The Kier molecular flexibility index (Phi) is 4.40. The maximum Gasteiger partial charge on any atom is 0.213 e. The van der Waals surface area contributed by atoms with Gasteiger partial charge >= 0.3 is 0 Å². The van der Waals surface area contributed by atoms with E-state index in [0.717, 1.165) is 0 Å². The van der Waals surface area contributed by atoms with Crippen molar-refractivity contribution in [3.63, 3.8) is 0 Å². The average Bonchev–Trinajstić information content (AvgIpc) is 2.74. The van der Waals surface area contributed by atoms with Crippen molar-refractivity contribution in [1.82, 2.24) is 0 Å². The molecule has 0 spiro atoms. The Hall–Kier alpha value is -3.45. The lowest BCUT2D eigenvalue weighted by Gasteiger charge is -2.14. The topological polar surface area (TPSA) is 3.88 Å². The monoisotopic (exact) mass is 388 g/mol. The predicted octanol–water partition coefficient (Wildman–Crippen LogP) is 7.08. The molecular weight excluding hydrogens is 362 g/mol. The number of hydrogen-bond donors (Lipinski definition) is 0. The second-order valence-electron chi connectivity index (χ2n) is 8.32. The third-order valence-electron chi connectivity index (χ3n) is 6.31. The van der Waals surface area contributed by atoms with Gasteiger partial charge in [0, 0.05) is 12.1 Å². The molecule has 5 rings (SSSR count). The maximum atomic E-state index is 2.35. The quantitative estimate of drug-likeness (QED) is 0.225. The van der Waals surface area contributed by atoms with Crippen LogP contribution in [-0.2, 0) is 7.05 Å². The van der Waals surface area contributed by atoms with Crippen LogP contribution in [0.15, 0.2) is 85.1 Å². The number of nitrogens with zero attached hydrogens (tertiary/aromatic N) is 1. The highest BCUT2D eigenvalue weighted by atomic mass is 14.9. The first-order valence-corrected chi connectivity index (χ1v) is 10.5. The number of rotatable bonds is 2. The summed E-state index contributed by atoms with van der Waals surface area (Å²) in [7, 11) is 2.14. The molecule has 0 aliphatic carbocycles. The van der Waals surface area contributed by atoms with E-state index < -0.39 is 0 Å². The summed E-state index contributed by atoms with van der Waals surface area (Å²) in [4.78, 5) is 0. The van der Waals surface area contributed by atoms with Crippen molar-refractivity contribution in [2.75, 3.05) is 0 Å². The van der Waals surface area contributed by atoms with E-state index in [4.69, 9.17) is 0 Å². The SMILES string of the molecule is Cc1cccc(C)c1-c1cc[n+](C)c(-c2c(C)ccc3c2ccc2ccccc23)c1. The van der Waals surface area contributed by atoms with Crippen LogP contribution in [0.1, 0.15) is 16.7 Å². The van der Waals surface area contributed by atoms with Gasteiger partial charge in [0.15, 0.2) is 6.20 Å². The molecule has 30 heavy (non-hydrogen) atoms. The van der Waals surface area contributed by atoms with Crippen molar-refractivity contribution in [2.45, 2.75) is 20.8 Å². The van der Waals surface area contributed by atoms with E-state index in [1.54, 1.807) is 0 Å². The second kappa shape index (κ2) is 7.11. The van der Waals surface area contributed by atoms with Gasteiger partial charge in [-0.15, -0.1) is 0 Å². The van der Waals surface area contributed by atoms with E-state index in [-0.39, 0.29) is 0 Å². The fourth-order valence-electron chi connectivity index (χ4n) is 4.78. The lowest BCUT2D eigenvalue weighted by molar-refractivity contribution is -0.660. The Bertz CT molecular complexity index is 1410. The molecule has 0 atom stereocenters. The highest BCUT2D eigenvalue weighted by Gasteiger charge is 2.19. The summed E-state index contributed by atoms with van der Waals surface area (Å²) >= 11 is 0. The summed E-state index contributed by atoms with van der Waals surface area (Å²) in [5.74, 6) is 0. The van der Waals surface area contributed by atoms with E-state index in [1.807, 2.05) is 0 Å². The Morgan fingerprint density at radius 3 is 2.07 bits per heavy atom. The van der Waals surface area contributed by atoms with Crippen LogP contribution in [0, 0.1) is 20.8 Å². The molecule has 0 aliphatic rings. The van der Waals surface area contributed by atoms with Gasteiger partial charge in [0.05, 0.1) is 5.56 Å². The first kappa shape index (κ1) is 18.6. The number of aryl methyl sites for hydroxylation is 4.